The molecule has 0 atom stereocenters. The van der Waals surface area contributed by atoms with Crippen LogP contribution in [0.4, 0.5) is 5.82 Å². The molecule has 0 aliphatic rings. The first-order chi connectivity index (χ1) is 11.6. The van der Waals surface area contributed by atoms with Gasteiger partial charge in [-0.3, -0.25) is 14.9 Å². The topological polar surface area (TPSA) is 83.6 Å². The zero-order chi connectivity index (χ0) is 16.9. The first-order valence-corrected chi connectivity index (χ1v) is 7.93. The third-order valence-electron chi connectivity index (χ3n) is 3.35. The monoisotopic (exact) mass is 361 g/mol. The number of nitrogens with zero attached hydrogens (tertiary/aromatic N) is 3. The second-order valence-corrected chi connectivity index (χ2v) is 5.80. The number of hydrogen-bond acceptors (Lipinski definition) is 4. The minimum Gasteiger partial charge on any atom is -0.310 e. The lowest BCUT2D eigenvalue weighted by Gasteiger charge is -2.04. The Hall–Kier alpha value is -2.44. The number of rotatable bonds is 5. The van der Waals surface area contributed by atoms with Crippen molar-refractivity contribution in [1.29, 1.82) is 0 Å². The van der Waals surface area contributed by atoms with Gasteiger partial charge in [-0.05, 0) is 30.2 Å². The van der Waals surface area contributed by atoms with E-state index < -0.39 is 0 Å². The zero-order valence-corrected chi connectivity index (χ0v) is 14.0. The molecule has 0 aliphatic heterocycles. The second kappa shape index (κ2) is 7.42. The summed E-state index contributed by atoms with van der Waals surface area (Å²) in [6, 6.07) is 7.12. The number of hydrogen-bond donors (Lipinski definition) is 2. The van der Waals surface area contributed by atoms with Crippen LogP contribution < -0.4 is 5.32 Å². The maximum absolute atomic E-state index is 12.1. The minimum absolute atomic E-state index is 0.170. The Balaban J connectivity index is 1.63. The highest BCUT2D eigenvalue weighted by Crippen LogP contribution is 2.31. The van der Waals surface area contributed by atoms with E-state index in [4.69, 9.17) is 23.2 Å². The quantitative estimate of drug-likeness (QED) is 0.677. The van der Waals surface area contributed by atoms with Gasteiger partial charge in [-0.15, -0.1) is 0 Å². The molecule has 0 spiro atoms. The molecule has 0 radical (unpaired) electrons. The molecule has 6 nitrogen and oxygen atoms in total. The number of halogens is 2. The fourth-order valence-corrected chi connectivity index (χ4v) is 2.48. The van der Waals surface area contributed by atoms with E-state index in [0.717, 1.165) is 11.1 Å². The molecule has 24 heavy (non-hydrogen) atoms. The van der Waals surface area contributed by atoms with Crippen molar-refractivity contribution in [2.45, 2.75) is 12.8 Å². The molecule has 0 aromatic carbocycles. The van der Waals surface area contributed by atoms with E-state index in [1.165, 1.54) is 0 Å². The molecule has 0 saturated heterocycles. The molecule has 3 aromatic heterocycles. The van der Waals surface area contributed by atoms with Crippen LogP contribution in [0.25, 0.3) is 11.3 Å². The molecule has 0 bridgehead atoms. The molecule has 0 aliphatic carbocycles. The number of amides is 1. The molecule has 0 unspecified atom stereocenters. The highest BCUT2D eigenvalue weighted by Gasteiger charge is 2.15. The highest BCUT2D eigenvalue weighted by atomic mass is 35.5. The predicted octanol–water partition coefficient (Wildman–Crippen LogP) is 3.74. The van der Waals surface area contributed by atoms with Gasteiger partial charge in [0.25, 0.3) is 0 Å². The first-order valence-electron chi connectivity index (χ1n) is 7.18. The summed E-state index contributed by atoms with van der Waals surface area (Å²) in [5, 5.41) is 10.4. The smallest absolute Gasteiger partial charge is 0.225 e. The van der Waals surface area contributed by atoms with Crippen molar-refractivity contribution in [1.82, 2.24) is 20.2 Å². The summed E-state index contributed by atoms with van der Waals surface area (Å²) in [6.45, 7) is 0. The van der Waals surface area contributed by atoms with Crippen molar-refractivity contribution in [3.63, 3.8) is 0 Å². The van der Waals surface area contributed by atoms with Gasteiger partial charge in [0.15, 0.2) is 0 Å². The van der Waals surface area contributed by atoms with Crippen LogP contribution in [0.3, 0.4) is 0 Å². The second-order valence-electron chi connectivity index (χ2n) is 5.03. The van der Waals surface area contributed by atoms with Crippen molar-refractivity contribution < 1.29 is 4.79 Å². The van der Waals surface area contributed by atoms with E-state index in [0.29, 0.717) is 34.5 Å². The number of pyridine rings is 2. The van der Waals surface area contributed by atoms with Gasteiger partial charge in [-0.1, -0.05) is 29.3 Å². The molecular formula is C16H13Cl2N5O. The van der Waals surface area contributed by atoms with Crippen molar-refractivity contribution in [3.05, 3.63) is 58.6 Å². The van der Waals surface area contributed by atoms with Gasteiger partial charge in [0, 0.05) is 30.6 Å². The number of carbonyl (C=O) groups excluding carboxylic acids is 1. The number of aromatic amines is 1. The van der Waals surface area contributed by atoms with Crippen LogP contribution in [0.15, 0.2) is 42.9 Å². The number of carbonyl (C=O) groups is 1. The third-order valence-corrected chi connectivity index (χ3v) is 3.95. The van der Waals surface area contributed by atoms with Crippen LogP contribution in [-0.2, 0) is 11.2 Å². The number of aromatic nitrogens is 4. The summed E-state index contributed by atoms with van der Waals surface area (Å²) in [5.74, 6) is 0.208. The number of aryl methyl sites for hydroxylation is 1. The highest BCUT2D eigenvalue weighted by molar-refractivity contribution is 6.36. The SMILES string of the molecule is O=C(CCc1ccc(Cl)nc1)Nc1[nH]nc(-c2ccncc2)c1Cl. The standard InChI is InChI=1S/C16H13Cl2N5O/c17-12-3-1-10(9-20-12)2-4-13(24)21-16-14(18)15(22-23-16)11-5-7-19-8-6-11/h1,3,5-9H,2,4H2,(H2,21,22,23,24). The Morgan fingerprint density at radius 3 is 2.67 bits per heavy atom. The maximum Gasteiger partial charge on any atom is 0.225 e. The zero-order valence-electron chi connectivity index (χ0n) is 12.5. The van der Waals surface area contributed by atoms with Crippen LogP contribution in [0.2, 0.25) is 10.2 Å². The molecule has 3 aromatic rings. The van der Waals surface area contributed by atoms with E-state index in [2.05, 4.69) is 25.5 Å². The molecule has 2 N–H and O–H groups in total. The summed E-state index contributed by atoms with van der Waals surface area (Å²) < 4.78 is 0. The normalized spacial score (nSPS) is 10.6. The van der Waals surface area contributed by atoms with Crippen LogP contribution >= 0.6 is 23.2 Å². The molecule has 8 heteroatoms. The van der Waals surface area contributed by atoms with Gasteiger partial charge >= 0.3 is 0 Å². The largest absolute Gasteiger partial charge is 0.310 e. The lowest BCUT2D eigenvalue weighted by molar-refractivity contribution is -0.116. The number of nitrogens with one attached hydrogen (secondary N) is 2. The Bertz CT molecular complexity index is 833. The average Bonchev–Trinajstić information content (AvgIpc) is 2.96. The Morgan fingerprint density at radius 2 is 1.96 bits per heavy atom. The van der Waals surface area contributed by atoms with Gasteiger partial charge in [0.1, 0.15) is 21.7 Å². The van der Waals surface area contributed by atoms with Crippen LogP contribution in [0.1, 0.15) is 12.0 Å². The minimum atomic E-state index is -0.170. The number of H-pyrrole nitrogens is 1. The Kier molecular flexibility index (Phi) is 5.08. The van der Waals surface area contributed by atoms with Crippen LogP contribution in [-0.4, -0.2) is 26.1 Å². The molecule has 3 rings (SSSR count). The average molecular weight is 362 g/mol. The summed E-state index contributed by atoms with van der Waals surface area (Å²) in [6.07, 6.45) is 5.81. The van der Waals surface area contributed by atoms with E-state index in [1.807, 2.05) is 6.07 Å². The Labute approximate surface area is 148 Å². The van der Waals surface area contributed by atoms with Gasteiger partial charge < -0.3 is 5.32 Å². The van der Waals surface area contributed by atoms with Crippen LogP contribution in [0.5, 0.6) is 0 Å². The predicted molar refractivity (Wildman–Crippen MR) is 93.0 cm³/mol. The molecule has 0 saturated carbocycles. The van der Waals surface area contributed by atoms with Crippen molar-refractivity contribution >= 4 is 34.9 Å². The molecule has 1 amide bonds. The molecular weight excluding hydrogens is 349 g/mol. The third kappa shape index (κ3) is 3.90. The van der Waals surface area contributed by atoms with E-state index in [9.17, 15) is 4.79 Å². The number of anilines is 1. The van der Waals surface area contributed by atoms with Crippen molar-refractivity contribution in [2.24, 2.45) is 0 Å². The Morgan fingerprint density at radius 1 is 1.17 bits per heavy atom. The summed E-state index contributed by atoms with van der Waals surface area (Å²) in [4.78, 5) is 20.0. The summed E-state index contributed by atoms with van der Waals surface area (Å²) in [7, 11) is 0. The van der Waals surface area contributed by atoms with Crippen molar-refractivity contribution in [2.75, 3.05) is 5.32 Å². The summed E-state index contributed by atoms with van der Waals surface area (Å²) >= 11 is 12.0. The maximum atomic E-state index is 12.1. The van der Waals surface area contributed by atoms with E-state index in [1.54, 1.807) is 36.8 Å². The van der Waals surface area contributed by atoms with Gasteiger partial charge in [-0.25, -0.2) is 4.98 Å². The van der Waals surface area contributed by atoms with E-state index >= 15 is 0 Å². The fraction of sp³-hybridized carbons (Fsp3) is 0.125. The van der Waals surface area contributed by atoms with Gasteiger partial charge in [0.2, 0.25) is 5.91 Å². The first kappa shape index (κ1) is 16.4. The molecule has 122 valence electrons. The molecule has 0 fully saturated rings. The van der Waals surface area contributed by atoms with Gasteiger partial charge in [0.05, 0.1) is 0 Å². The van der Waals surface area contributed by atoms with Gasteiger partial charge in [-0.2, -0.15) is 5.10 Å². The fourth-order valence-electron chi connectivity index (χ4n) is 2.13. The lowest BCUT2D eigenvalue weighted by Crippen LogP contribution is -2.13. The summed E-state index contributed by atoms with van der Waals surface area (Å²) in [5.41, 5.74) is 2.32. The van der Waals surface area contributed by atoms with Crippen LogP contribution in [0, 0.1) is 0 Å². The lowest BCUT2D eigenvalue weighted by atomic mass is 10.1. The molecule has 3 heterocycles. The van der Waals surface area contributed by atoms with E-state index in [-0.39, 0.29) is 5.91 Å². The van der Waals surface area contributed by atoms with Crippen molar-refractivity contribution in [3.8, 4) is 11.3 Å².